The Morgan fingerprint density at radius 1 is 1.30 bits per heavy atom. The highest BCUT2D eigenvalue weighted by Crippen LogP contribution is 2.36. The molecule has 0 spiro atoms. The molecule has 0 amide bonds. The summed E-state index contributed by atoms with van der Waals surface area (Å²) < 4.78 is 37.5. The highest BCUT2D eigenvalue weighted by atomic mass is 32.1. The Bertz CT molecular complexity index is 626. The molecular formula is C13H10F3N3S. The third-order valence-corrected chi connectivity index (χ3v) is 3.76. The molecule has 0 saturated carbocycles. The first-order chi connectivity index (χ1) is 9.40. The number of hydrogen-bond donors (Lipinski definition) is 0. The second-order valence-electron chi connectivity index (χ2n) is 4.17. The lowest BCUT2D eigenvalue weighted by Gasteiger charge is -2.15. The summed E-state index contributed by atoms with van der Waals surface area (Å²) in [7, 11) is 1.68. The van der Waals surface area contributed by atoms with E-state index in [4.69, 9.17) is 5.26 Å². The predicted molar refractivity (Wildman–Crippen MR) is 70.4 cm³/mol. The van der Waals surface area contributed by atoms with Crippen LogP contribution in [0.3, 0.4) is 0 Å². The van der Waals surface area contributed by atoms with E-state index in [-0.39, 0.29) is 0 Å². The van der Waals surface area contributed by atoms with Crippen LogP contribution in [0.5, 0.6) is 0 Å². The molecule has 0 radical (unpaired) electrons. The minimum atomic E-state index is -4.36. The van der Waals surface area contributed by atoms with Gasteiger partial charge in [0.2, 0.25) is 0 Å². The Morgan fingerprint density at radius 3 is 2.45 bits per heavy atom. The van der Waals surface area contributed by atoms with Gasteiger partial charge >= 0.3 is 6.18 Å². The van der Waals surface area contributed by atoms with E-state index in [0.717, 1.165) is 11.8 Å². The van der Waals surface area contributed by atoms with E-state index in [2.05, 4.69) is 4.98 Å². The Hall–Kier alpha value is -2.07. The van der Waals surface area contributed by atoms with Gasteiger partial charge in [0.25, 0.3) is 0 Å². The highest BCUT2D eigenvalue weighted by molar-refractivity contribution is 7.15. The standard InChI is InChI=1S/C13H10F3N3S/c1-19(8-10-4-2-9(6-17)3-5-10)12-18-7-11(20-12)13(14,15)16/h2-5,7H,8H2,1H3. The molecule has 0 N–H and O–H groups in total. The molecule has 1 heterocycles. The molecule has 0 aliphatic rings. The monoisotopic (exact) mass is 297 g/mol. The molecule has 2 rings (SSSR count). The van der Waals surface area contributed by atoms with Crippen LogP contribution < -0.4 is 4.90 Å². The summed E-state index contributed by atoms with van der Waals surface area (Å²) in [5.74, 6) is 0. The quantitative estimate of drug-likeness (QED) is 0.868. The molecule has 0 aliphatic heterocycles. The summed E-state index contributed by atoms with van der Waals surface area (Å²) >= 11 is 0.612. The average molecular weight is 297 g/mol. The fraction of sp³-hybridized carbons (Fsp3) is 0.231. The van der Waals surface area contributed by atoms with Gasteiger partial charge in [0.05, 0.1) is 17.8 Å². The van der Waals surface area contributed by atoms with Crippen LogP contribution >= 0.6 is 11.3 Å². The summed E-state index contributed by atoms with van der Waals surface area (Å²) in [6, 6.07) is 8.90. The van der Waals surface area contributed by atoms with Crippen LogP contribution in [0, 0.1) is 11.3 Å². The van der Waals surface area contributed by atoms with Crippen molar-refractivity contribution < 1.29 is 13.2 Å². The number of nitriles is 1. The fourth-order valence-electron chi connectivity index (χ4n) is 1.60. The van der Waals surface area contributed by atoms with Crippen LogP contribution in [0.1, 0.15) is 16.0 Å². The van der Waals surface area contributed by atoms with Crippen LogP contribution in [0.4, 0.5) is 18.3 Å². The number of rotatable bonds is 3. The second kappa shape index (κ2) is 5.51. The van der Waals surface area contributed by atoms with Gasteiger partial charge in [0.1, 0.15) is 4.88 Å². The Balaban J connectivity index is 2.09. The number of hydrogen-bond acceptors (Lipinski definition) is 4. The zero-order valence-electron chi connectivity index (χ0n) is 10.5. The normalized spacial score (nSPS) is 11.2. The summed E-state index contributed by atoms with van der Waals surface area (Å²) in [5.41, 5.74) is 1.44. The molecule has 0 unspecified atom stereocenters. The summed E-state index contributed by atoms with van der Waals surface area (Å²) in [4.78, 5) is 4.72. The Morgan fingerprint density at radius 2 is 1.95 bits per heavy atom. The van der Waals surface area contributed by atoms with Gasteiger partial charge in [-0.05, 0) is 17.7 Å². The third kappa shape index (κ3) is 3.27. The van der Waals surface area contributed by atoms with Crippen molar-refractivity contribution in [2.45, 2.75) is 12.7 Å². The molecular weight excluding hydrogens is 287 g/mol. The lowest BCUT2D eigenvalue weighted by atomic mass is 10.1. The first-order valence-corrected chi connectivity index (χ1v) is 6.45. The topological polar surface area (TPSA) is 39.9 Å². The minimum absolute atomic E-state index is 0.307. The Labute approximate surface area is 117 Å². The van der Waals surface area contributed by atoms with Crippen molar-refractivity contribution in [3.63, 3.8) is 0 Å². The van der Waals surface area contributed by atoms with Gasteiger partial charge in [-0.25, -0.2) is 4.98 Å². The second-order valence-corrected chi connectivity index (χ2v) is 5.18. The summed E-state index contributed by atoms with van der Waals surface area (Å²) in [6.07, 6.45) is -3.51. The number of benzene rings is 1. The molecule has 0 fully saturated rings. The number of thiazole rings is 1. The highest BCUT2D eigenvalue weighted by Gasteiger charge is 2.33. The van der Waals surface area contributed by atoms with Crippen LogP contribution in [0.25, 0.3) is 0 Å². The van der Waals surface area contributed by atoms with Gasteiger partial charge < -0.3 is 4.90 Å². The minimum Gasteiger partial charge on any atom is -0.347 e. The molecule has 7 heteroatoms. The first-order valence-electron chi connectivity index (χ1n) is 5.63. The van der Waals surface area contributed by atoms with E-state index in [1.54, 1.807) is 36.2 Å². The van der Waals surface area contributed by atoms with Gasteiger partial charge in [-0.15, -0.1) is 0 Å². The predicted octanol–water partition coefficient (Wildman–Crippen LogP) is 3.67. The zero-order valence-corrected chi connectivity index (χ0v) is 11.3. The number of anilines is 1. The lowest BCUT2D eigenvalue weighted by Crippen LogP contribution is -2.15. The molecule has 3 nitrogen and oxygen atoms in total. The number of alkyl halides is 3. The summed E-state index contributed by atoms with van der Waals surface area (Å²) in [5, 5.41) is 9.00. The zero-order chi connectivity index (χ0) is 14.8. The molecule has 0 atom stereocenters. The van der Waals surface area contributed by atoms with Crippen molar-refractivity contribution in [2.75, 3.05) is 11.9 Å². The average Bonchev–Trinajstić information content (AvgIpc) is 2.89. The molecule has 20 heavy (non-hydrogen) atoms. The molecule has 2 aromatic rings. The van der Waals surface area contributed by atoms with Crippen LogP contribution in [-0.2, 0) is 12.7 Å². The van der Waals surface area contributed by atoms with Crippen molar-refractivity contribution in [2.24, 2.45) is 0 Å². The van der Waals surface area contributed by atoms with Crippen LogP contribution in [-0.4, -0.2) is 12.0 Å². The van der Waals surface area contributed by atoms with Gasteiger partial charge in [-0.1, -0.05) is 23.5 Å². The van der Waals surface area contributed by atoms with Crippen molar-refractivity contribution >= 4 is 16.5 Å². The Kier molecular flexibility index (Phi) is 3.95. The van der Waals surface area contributed by atoms with Crippen molar-refractivity contribution in [3.05, 3.63) is 46.5 Å². The fourth-order valence-corrected chi connectivity index (χ4v) is 2.34. The van der Waals surface area contributed by atoms with E-state index in [0.29, 0.717) is 28.6 Å². The van der Waals surface area contributed by atoms with Gasteiger partial charge in [-0.3, -0.25) is 0 Å². The molecule has 0 bridgehead atoms. The third-order valence-electron chi connectivity index (χ3n) is 2.60. The van der Waals surface area contributed by atoms with E-state index in [9.17, 15) is 13.2 Å². The van der Waals surface area contributed by atoms with Crippen molar-refractivity contribution in [3.8, 4) is 6.07 Å². The first kappa shape index (κ1) is 14.3. The van der Waals surface area contributed by atoms with E-state index in [1.165, 1.54) is 0 Å². The number of aromatic nitrogens is 1. The van der Waals surface area contributed by atoms with Crippen molar-refractivity contribution in [1.82, 2.24) is 4.98 Å². The number of nitrogens with zero attached hydrogens (tertiary/aromatic N) is 3. The molecule has 1 aromatic heterocycles. The van der Waals surface area contributed by atoms with Gasteiger partial charge in [0.15, 0.2) is 5.13 Å². The molecule has 0 saturated heterocycles. The summed E-state index contributed by atoms with van der Waals surface area (Å²) in [6.45, 7) is 0.427. The maximum absolute atomic E-state index is 12.5. The number of halogens is 3. The van der Waals surface area contributed by atoms with Gasteiger partial charge in [0, 0.05) is 13.6 Å². The van der Waals surface area contributed by atoms with E-state index >= 15 is 0 Å². The molecule has 0 aliphatic carbocycles. The van der Waals surface area contributed by atoms with E-state index in [1.807, 2.05) is 6.07 Å². The van der Waals surface area contributed by atoms with Gasteiger partial charge in [-0.2, -0.15) is 18.4 Å². The van der Waals surface area contributed by atoms with Crippen LogP contribution in [0.2, 0.25) is 0 Å². The van der Waals surface area contributed by atoms with E-state index < -0.39 is 11.1 Å². The smallest absolute Gasteiger partial charge is 0.347 e. The maximum atomic E-state index is 12.5. The molecule has 104 valence electrons. The largest absolute Gasteiger partial charge is 0.427 e. The maximum Gasteiger partial charge on any atom is 0.427 e. The van der Waals surface area contributed by atoms with Crippen LogP contribution in [0.15, 0.2) is 30.5 Å². The molecule has 1 aromatic carbocycles. The lowest BCUT2D eigenvalue weighted by molar-refractivity contribution is -0.134. The SMILES string of the molecule is CN(Cc1ccc(C#N)cc1)c1ncc(C(F)(F)F)s1. The van der Waals surface area contributed by atoms with Crippen molar-refractivity contribution in [1.29, 1.82) is 5.26 Å².